The van der Waals surface area contributed by atoms with Gasteiger partial charge in [0.2, 0.25) is 5.89 Å². The molecule has 0 bridgehead atoms. The second kappa shape index (κ2) is 8.91. The van der Waals surface area contributed by atoms with Gasteiger partial charge in [0.25, 0.3) is 5.95 Å². The van der Waals surface area contributed by atoms with Crippen LogP contribution in [0.3, 0.4) is 0 Å². The van der Waals surface area contributed by atoms with Gasteiger partial charge in [0, 0.05) is 19.5 Å². The molecule has 0 fully saturated rings. The van der Waals surface area contributed by atoms with Crippen LogP contribution in [-0.2, 0) is 6.42 Å². The first-order chi connectivity index (χ1) is 9.24. The van der Waals surface area contributed by atoms with Crippen molar-refractivity contribution in [2.45, 2.75) is 52.9 Å². The molecule has 5 nitrogen and oxygen atoms in total. The van der Waals surface area contributed by atoms with Gasteiger partial charge >= 0.3 is 0 Å². The molecule has 0 aliphatic heterocycles. The summed E-state index contributed by atoms with van der Waals surface area (Å²) in [6.45, 7) is 8.98. The summed E-state index contributed by atoms with van der Waals surface area (Å²) in [6.07, 6.45) is 5.47. The molecule has 1 atom stereocenters. The standard InChI is InChI=1S/C14H28N4O/c1-4-7-12(10-11-15)8-9-13-16-14(17-19-13)18(5-2)6-3/h12H,4-11,15H2,1-3H3. The van der Waals surface area contributed by atoms with Crippen LogP contribution in [0.1, 0.15) is 52.3 Å². The highest BCUT2D eigenvalue weighted by Gasteiger charge is 2.13. The van der Waals surface area contributed by atoms with E-state index in [4.69, 9.17) is 10.3 Å². The first-order valence-corrected chi connectivity index (χ1v) is 7.52. The van der Waals surface area contributed by atoms with Crippen LogP contribution < -0.4 is 10.6 Å². The highest BCUT2D eigenvalue weighted by molar-refractivity contribution is 5.26. The van der Waals surface area contributed by atoms with Gasteiger partial charge in [-0.25, -0.2) is 0 Å². The topological polar surface area (TPSA) is 68.2 Å². The van der Waals surface area contributed by atoms with E-state index in [1.165, 1.54) is 12.8 Å². The number of nitrogens with zero attached hydrogens (tertiary/aromatic N) is 3. The zero-order chi connectivity index (χ0) is 14.1. The minimum Gasteiger partial charge on any atom is -0.339 e. The van der Waals surface area contributed by atoms with Crippen molar-refractivity contribution >= 4 is 5.95 Å². The Labute approximate surface area is 116 Å². The normalized spacial score (nSPS) is 12.6. The van der Waals surface area contributed by atoms with E-state index in [2.05, 4.69) is 35.8 Å². The van der Waals surface area contributed by atoms with E-state index < -0.39 is 0 Å². The molecule has 0 saturated heterocycles. The highest BCUT2D eigenvalue weighted by Crippen LogP contribution is 2.18. The summed E-state index contributed by atoms with van der Waals surface area (Å²) in [5.74, 6) is 2.14. The minimum atomic E-state index is 0.679. The van der Waals surface area contributed by atoms with Crippen molar-refractivity contribution in [2.24, 2.45) is 11.7 Å². The number of hydrogen-bond acceptors (Lipinski definition) is 5. The first kappa shape index (κ1) is 16.0. The summed E-state index contributed by atoms with van der Waals surface area (Å²) in [7, 11) is 0. The van der Waals surface area contributed by atoms with E-state index in [0.717, 1.165) is 44.8 Å². The van der Waals surface area contributed by atoms with Gasteiger partial charge in [0.1, 0.15) is 0 Å². The van der Waals surface area contributed by atoms with Crippen molar-refractivity contribution in [3.8, 4) is 0 Å². The molecule has 19 heavy (non-hydrogen) atoms. The van der Waals surface area contributed by atoms with Gasteiger partial charge in [-0.1, -0.05) is 19.8 Å². The van der Waals surface area contributed by atoms with Crippen molar-refractivity contribution < 1.29 is 4.52 Å². The number of rotatable bonds is 10. The highest BCUT2D eigenvalue weighted by atomic mass is 16.5. The molecule has 0 amide bonds. The molecule has 110 valence electrons. The lowest BCUT2D eigenvalue weighted by Crippen LogP contribution is -2.23. The Morgan fingerprint density at radius 1 is 1.16 bits per heavy atom. The number of aryl methyl sites for hydroxylation is 1. The second-order valence-corrected chi connectivity index (χ2v) is 4.93. The Hall–Kier alpha value is -1.10. The average Bonchev–Trinajstić information content (AvgIpc) is 2.87. The van der Waals surface area contributed by atoms with Crippen LogP contribution >= 0.6 is 0 Å². The van der Waals surface area contributed by atoms with Crippen LogP contribution in [0.5, 0.6) is 0 Å². The molecular formula is C14H28N4O. The maximum absolute atomic E-state index is 5.65. The number of nitrogens with two attached hydrogens (primary N) is 1. The molecule has 0 radical (unpaired) electrons. The molecular weight excluding hydrogens is 240 g/mol. The van der Waals surface area contributed by atoms with Gasteiger partial charge < -0.3 is 15.2 Å². The van der Waals surface area contributed by atoms with E-state index >= 15 is 0 Å². The molecule has 1 unspecified atom stereocenters. The van der Waals surface area contributed by atoms with Gasteiger partial charge in [0.15, 0.2) is 0 Å². The molecule has 2 N–H and O–H groups in total. The molecule has 0 spiro atoms. The number of hydrogen-bond donors (Lipinski definition) is 1. The molecule has 1 rings (SSSR count). The lowest BCUT2D eigenvalue weighted by atomic mass is 9.94. The van der Waals surface area contributed by atoms with Crippen molar-refractivity contribution in [1.29, 1.82) is 0 Å². The van der Waals surface area contributed by atoms with Gasteiger partial charge in [-0.05, 0) is 44.3 Å². The Balaban J connectivity index is 2.48. The maximum Gasteiger partial charge on any atom is 0.266 e. The molecule has 0 aromatic carbocycles. The number of anilines is 1. The molecule has 5 heteroatoms. The van der Waals surface area contributed by atoms with Crippen molar-refractivity contribution in [3.63, 3.8) is 0 Å². The number of aromatic nitrogens is 2. The zero-order valence-corrected chi connectivity index (χ0v) is 12.6. The lowest BCUT2D eigenvalue weighted by molar-refractivity contribution is 0.349. The predicted octanol–water partition coefficient (Wildman–Crippen LogP) is 2.61. The van der Waals surface area contributed by atoms with Crippen molar-refractivity contribution in [1.82, 2.24) is 10.1 Å². The molecule has 0 saturated carbocycles. The summed E-state index contributed by atoms with van der Waals surface area (Å²) >= 11 is 0. The summed E-state index contributed by atoms with van der Waals surface area (Å²) in [6, 6.07) is 0. The fourth-order valence-electron chi connectivity index (χ4n) is 2.39. The van der Waals surface area contributed by atoms with Crippen LogP contribution in [0, 0.1) is 5.92 Å². The monoisotopic (exact) mass is 268 g/mol. The van der Waals surface area contributed by atoms with Crippen LogP contribution in [-0.4, -0.2) is 29.8 Å². The van der Waals surface area contributed by atoms with Gasteiger partial charge in [0.05, 0.1) is 0 Å². The van der Waals surface area contributed by atoms with Crippen LogP contribution in [0.25, 0.3) is 0 Å². The molecule has 1 heterocycles. The largest absolute Gasteiger partial charge is 0.339 e. The van der Waals surface area contributed by atoms with E-state index in [1.807, 2.05) is 0 Å². The molecule has 1 aromatic rings. The van der Waals surface area contributed by atoms with Crippen LogP contribution in [0.15, 0.2) is 4.52 Å². The zero-order valence-electron chi connectivity index (χ0n) is 12.6. The Morgan fingerprint density at radius 2 is 1.89 bits per heavy atom. The van der Waals surface area contributed by atoms with E-state index in [-0.39, 0.29) is 0 Å². The van der Waals surface area contributed by atoms with Crippen molar-refractivity contribution in [3.05, 3.63) is 5.89 Å². The second-order valence-electron chi connectivity index (χ2n) is 4.93. The fraction of sp³-hybridized carbons (Fsp3) is 0.857. The molecule has 0 aliphatic rings. The summed E-state index contributed by atoms with van der Waals surface area (Å²) in [4.78, 5) is 6.56. The van der Waals surface area contributed by atoms with Crippen LogP contribution in [0.2, 0.25) is 0 Å². The molecule has 1 aromatic heterocycles. The first-order valence-electron chi connectivity index (χ1n) is 7.52. The SMILES string of the molecule is CCCC(CCN)CCc1nc(N(CC)CC)no1. The van der Waals surface area contributed by atoms with Crippen LogP contribution in [0.4, 0.5) is 5.95 Å². The maximum atomic E-state index is 5.65. The summed E-state index contributed by atoms with van der Waals surface area (Å²) in [5, 5.41) is 4.04. The lowest BCUT2D eigenvalue weighted by Gasteiger charge is -2.14. The van der Waals surface area contributed by atoms with Gasteiger partial charge in [-0.2, -0.15) is 4.98 Å². The fourth-order valence-corrected chi connectivity index (χ4v) is 2.39. The Kier molecular flexibility index (Phi) is 7.48. The predicted molar refractivity (Wildman–Crippen MR) is 78.2 cm³/mol. The minimum absolute atomic E-state index is 0.679. The smallest absolute Gasteiger partial charge is 0.266 e. The third-order valence-corrected chi connectivity index (χ3v) is 3.54. The quantitative estimate of drug-likeness (QED) is 0.706. The van der Waals surface area contributed by atoms with Gasteiger partial charge in [-0.3, -0.25) is 0 Å². The molecule has 0 aliphatic carbocycles. The Bertz CT molecular complexity index is 330. The van der Waals surface area contributed by atoms with Crippen molar-refractivity contribution in [2.75, 3.05) is 24.5 Å². The van der Waals surface area contributed by atoms with Gasteiger partial charge in [-0.15, -0.1) is 0 Å². The van der Waals surface area contributed by atoms with E-state index in [1.54, 1.807) is 0 Å². The summed E-state index contributed by atoms with van der Waals surface area (Å²) in [5.41, 5.74) is 5.65. The van der Waals surface area contributed by atoms with E-state index in [9.17, 15) is 0 Å². The summed E-state index contributed by atoms with van der Waals surface area (Å²) < 4.78 is 5.32. The van der Waals surface area contributed by atoms with E-state index in [0.29, 0.717) is 11.9 Å². The Morgan fingerprint density at radius 3 is 2.47 bits per heavy atom. The third kappa shape index (κ3) is 5.19. The third-order valence-electron chi connectivity index (χ3n) is 3.54. The average molecular weight is 268 g/mol.